The fourth-order valence-electron chi connectivity index (χ4n) is 4.06. The van der Waals surface area contributed by atoms with Crippen LogP contribution < -0.4 is 11.1 Å². The molecule has 1 aromatic carbocycles. The van der Waals surface area contributed by atoms with E-state index in [4.69, 9.17) is 5.73 Å². The number of carbonyl (C=O) groups is 1. The van der Waals surface area contributed by atoms with Crippen molar-refractivity contribution < 1.29 is 4.79 Å². The molecule has 114 valence electrons. The van der Waals surface area contributed by atoms with Crippen LogP contribution in [0.25, 0.3) is 0 Å². The first-order valence-corrected chi connectivity index (χ1v) is 8.88. The molecule has 4 atom stereocenters. The lowest BCUT2D eigenvalue weighted by Gasteiger charge is -2.28. The molecule has 21 heavy (non-hydrogen) atoms. The summed E-state index contributed by atoms with van der Waals surface area (Å²) in [7, 11) is 0. The van der Waals surface area contributed by atoms with E-state index in [2.05, 4.69) is 12.2 Å². The molecule has 0 radical (unpaired) electrons. The zero-order valence-corrected chi connectivity index (χ0v) is 13.4. The van der Waals surface area contributed by atoms with Gasteiger partial charge in [-0.15, -0.1) is 11.8 Å². The number of para-hydroxylation sites is 1. The number of anilines is 1. The maximum atomic E-state index is 12.1. The van der Waals surface area contributed by atoms with Gasteiger partial charge in [-0.1, -0.05) is 18.6 Å². The Bertz CT molecular complexity index is 519. The Morgan fingerprint density at radius 1 is 1.38 bits per heavy atom. The van der Waals surface area contributed by atoms with Crippen LogP contribution in [0.4, 0.5) is 5.69 Å². The Morgan fingerprint density at radius 3 is 2.86 bits per heavy atom. The van der Waals surface area contributed by atoms with E-state index in [0.29, 0.717) is 17.7 Å². The van der Waals surface area contributed by atoms with Gasteiger partial charge in [-0.3, -0.25) is 4.79 Å². The van der Waals surface area contributed by atoms with Crippen LogP contribution in [0.3, 0.4) is 0 Å². The number of nitrogens with one attached hydrogen (secondary N) is 1. The number of nitrogen functional groups attached to an aromatic ring is 1. The van der Waals surface area contributed by atoms with Gasteiger partial charge in [-0.25, -0.2) is 0 Å². The minimum Gasteiger partial charge on any atom is -0.398 e. The molecule has 4 unspecified atom stereocenters. The number of thioether (sulfide) groups is 1. The van der Waals surface area contributed by atoms with E-state index in [1.54, 1.807) is 0 Å². The third-order valence-corrected chi connectivity index (χ3v) is 6.19. The van der Waals surface area contributed by atoms with Gasteiger partial charge in [0.1, 0.15) is 0 Å². The average molecular weight is 304 g/mol. The third-order valence-electron chi connectivity index (χ3n) is 5.10. The molecule has 0 spiro atoms. The number of nitrogens with two attached hydrogens (primary N) is 1. The summed E-state index contributed by atoms with van der Waals surface area (Å²) in [6.45, 7) is 2.17. The van der Waals surface area contributed by atoms with E-state index >= 15 is 0 Å². The summed E-state index contributed by atoms with van der Waals surface area (Å²) < 4.78 is 0. The minimum absolute atomic E-state index is 0.124. The van der Waals surface area contributed by atoms with Crippen molar-refractivity contribution in [1.29, 1.82) is 0 Å². The van der Waals surface area contributed by atoms with Gasteiger partial charge in [0.15, 0.2) is 0 Å². The molecule has 2 bridgehead atoms. The van der Waals surface area contributed by atoms with Crippen LogP contribution in [-0.4, -0.2) is 17.7 Å². The molecule has 4 heteroatoms. The largest absolute Gasteiger partial charge is 0.398 e. The molecule has 3 nitrogen and oxygen atoms in total. The fourth-order valence-corrected chi connectivity index (χ4v) is 4.84. The van der Waals surface area contributed by atoms with Crippen LogP contribution in [0.2, 0.25) is 0 Å². The Balaban J connectivity index is 1.47. The molecule has 0 heterocycles. The Labute approximate surface area is 131 Å². The zero-order valence-electron chi connectivity index (χ0n) is 12.5. The highest BCUT2D eigenvalue weighted by Crippen LogP contribution is 2.49. The topological polar surface area (TPSA) is 55.1 Å². The molecule has 0 saturated heterocycles. The summed E-state index contributed by atoms with van der Waals surface area (Å²) in [6.07, 6.45) is 5.47. The van der Waals surface area contributed by atoms with Gasteiger partial charge in [-0.2, -0.15) is 0 Å². The fraction of sp³-hybridized carbons (Fsp3) is 0.588. The molecule has 3 rings (SSSR count). The van der Waals surface area contributed by atoms with Crippen molar-refractivity contribution in [3.63, 3.8) is 0 Å². The molecule has 2 aliphatic rings. The summed E-state index contributed by atoms with van der Waals surface area (Å²) >= 11 is 1.52. The van der Waals surface area contributed by atoms with Crippen LogP contribution in [0.5, 0.6) is 0 Å². The number of amides is 1. The number of benzene rings is 1. The minimum atomic E-state index is 0.124. The van der Waals surface area contributed by atoms with Gasteiger partial charge in [0, 0.05) is 16.6 Å². The standard InChI is InChI=1S/C17H24N2OS/c1-11(14-9-12-6-7-13(14)8-12)19-17(20)10-21-16-5-3-2-4-15(16)18/h2-5,11-14H,6-10,18H2,1H3,(H,19,20). The molecule has 1 aromatic rings. The molecule has 1 amide bonds. The van der Waals surface area contributed by atoms with Crippen molar-refractivity contribution in [1.82, 2.24) is 5.32 Å². The Morgan fingerprint density at radius 2 is 2.19 bits per heavy atom. The maximum absolute atomic E-state index is 12.1. The smallest absolute Gasteiger partial charge is 0.230 e. The van der Waals surface area contributed by atoms with Gasteiger partial charge in [0.05, 0.1) is 5.75 Å². The van der Waals surface area contributed by atoms with Crippen molar-refractivity contribution >= 4 is 23.4 Å². The number of hydrogen-bond acceptors (Lipinski definition) is 3. The van der Waals surface area contributed by atoms with Gasteiger partial charge in [0.2, 0.25) is 5.91 Å². The van der Waals surface area contributed by atoms with E-state index in [1.807, 2.05) is 24.3 Å². The quantitative estimate of drug-likeness (QED) is 0.648. The number of rotatable bonds is 5. The van der Waals surface area contributed by atoms with Gasteiger partial charge >= 0.3 is 0 Å². The van der Waals surface area contributed by atoms with E-state index < -0.39 is 0 Å². The molecular formula is C17H24N2OS. The predicted molar refractivity (Wildman–Crippen MR) is 88.1 cm³/mol. The second-order valence-corrected chi connectivity index (χ2v) is 7.54. The normalized spacial score (nSPS) is 28.5. The number of fused-ring (bicyclic) bond motifs is 2. The van der Waals surface area contributed by atoms with Gasteiger partial charge in [0.25, 0.3) is 0 Å². The lowest BCUT2D eigenvalue weighted by molar-refractivity contribution is -0.119. The molecular weight excluding hydrogens is 280 g/mol. The molecule has 2 saturated carbocycles. The van der Waals surface area contributed by atoms with E-state index in [9.17, 15) is 4.79 Å². The van der Waals surface area contributed by atoms with E-state index in [0.717, 1.165) is 22.4 Å². The van der Waals surface area contributed by atoms with Gasteiger partial charge in [-0.05, 0) is 56.1 Å². The Hall–Kier alpha value is -1.16. The molecule has 2 fully saturated rings. The summed E-state index contributed by atoms with van der Waals surface area (Å²) in [6, 6.07) is 8.01. The van der Waals surface area contributed by atoms with Crippen LogP contribution in [-0.2, 0) is 4.79 Å². The van der Waals surface area contributed by atoms with Crippen molar-refractivity contribution in [2.75, 3.05) is 11.5 Å². The average Bonchev–Trinajstić information content (AvgIpc) is 3.09. The highest BCUT2D eigenvalue weighted by molar-refractivity contribution is 8.00. The summed E-state index contributed by atoms with van der Waals surface area (Å²) in [5.74, 6) is 3.04. The molecule has 2 aliphatic carbocycles. The summed E-state index contributed by atoms with van der Waals surface area (Å²) in [5, 5.41) is 3.20. The first-order valence-electron chi connectivity index (χ1n) is 7.90. The van der Waals surface area contributed by atoms with Crippen molar-refractivity contribution in [3.05, 3.63) is 24.3 Å². The first-order chi connectivity index (χ1) is 10.1. The van der Waals surface area contributed by atoms with Crippen molar-refractivity contribution in [2.24, 2.45) is 17.8 Å². The highest BCUT2D eigenvalue weighted by atomic mass is 32.2. The van der Waals surface area contributed by atoms with E-state index in [-0.39, 0.29) is 5.91 Å². The van der Waals surface area contributed by atoms with E-state index in [1.165, 1.54) is 37.4 Å². The zero-order chi connectivity index (χ0) is 14.8. The molecule has 0 aliphatic heterocycles. The van der Waals surface area contributed by atoms with Gasteiger partial charge < -0.3 is 11.1 Å². The van der Waals surface area contributed by atoms with Crippen LogP contribution in [0, 0.1) is 17.8 Å². The number of hydrogen-bond donors (Lipinski definition) is 2. The monoisotopic (exact) mass is 304 g/mol. The second kappa shape index (κ2) is 6.30. The van der Waals surface area contributed by atoms with Crippen LogP contribution in [0.15, 0.2) is 29.2 Å². The lowest BCUT2D eigenvalue weighted by atomic mass is 9.84. The number of carbonyl (C=O) groups excluding carboxylic acids is 1. The lowest BCUT2D eigenvalue weighted by Crippen LogP contribution is -2.40. The maximum Gasteiger partial charge on any atom is 0.230 e. The van der Waals surface area contributed by atoms with Crippen molar-refractivity contribution in [2.45, 2.75) is 43.5 Å². The predicted octanol–water partition coefficient (Wildman–Crippen LogP) is 3.30. The SMILES string of the molecule is CC(NC(=O)CSc1ccccc1N)C1CC2CCC1C2. The highest BCUT2D eigenvalue weighted by Gasteiger charge is 2.42. The summed E-state index contributed by atoms with van der Waals surface area (Å²) in [4.78, 5) is 13.1. The summed E-state index contributed by atoms with van der Waals surface area (Å²) in [5.41, 5.74) is 6.64. The van der Waals surface area contributed by atoms with Crippen molar-refractivity contribution in [3.8, 4) is 0 Å². The molecule has 0 aromatic heterocycles. The Kier molecular flexibility index (Phi) is 4.43. The first kappa shape index (κ1) is 14.8. The second-order valence-electron chi connectivity index (χ2n) is 6.52. The third kappa shape index (κ3) is 3.37. The van der Waals surface area contributed by atoms with Crippen LogP contribution in [0.1, 0.15) is 32.6 Å². The van der Waals surface area contributed by atoms with Crippen LogP contribution >= 0.6 is 11.8 Å². The molecule has 3 N–H and O–H groups in total.